The third kappa shape index (κ3) is 45.8. The van der Waals surface area contributed by atoms with Gasteiger partial charge in [0.05, 0.1) is 0 Å². The molecule has 1 unspecified atom stereocenters. The summed E-state index contributed by atoms with van der Waals surface area (Å²) in [6, 6.07) is 0. The Morgan fingerprint density at radius 1 is 0.356 bits per heavy atom. The van der Waals surface area contributed by atoms with Crippen molar-refractivity contribution in [3.05, 3.63) is 72.9 Å². The van der Waals surface area contributed by atoms with E-state index in [1.807, 2.05) is 0 Å². The van der Waals surface area contributed by atoms with Crippen LogP contribution >= 0.6 is 0 Å². The Labute approximate surface area is 363 Å². The van der Waals surface area contributed by atoms with Gasteiger partial charge in [0.2, 0.25) is 0 Å². The number of allylic oxidation sites excluding steroid dienone is 12. The number of hydrogen-bond donors (Lipinski definition) is 0. The number of hydrogen-bond acceptors (Lipinski definition) is 6. The topological polar surface area (TPSA) is 78.9 Å². The normalized spacial score (nSPS) is 12.7. The minimum absolute atomic E-state index is 0.0930. The van der Waals surface area contributed by atoms with Gasteiger partial charge >= 0.3 is 17.9 Å². The molecule has 1 atom stereocenters. The Kier molecular flexibility index (Phi) is 45.0. The van der Waals surface area contributed by atoms with Gasteiger partial charge in [-0.2, -0.15) is 0 Å². The van der Waals surface area contributed by atoms with Gasteiger partial charge in [0, 0.05) is 19.3 Å². The highest BCUT2D eigenvalue weighted by Gasteiger charge is 2.19. The van der Waals surface area contributed by atoms with E-state index in [1.165, 1.54) is 64.2 Å². The van der Waals surface area contributed by atoms with E-state index in [9.17, 15) is 14.4 Å². The quantitative estimate of drug-likeness (QED) is 0.0264. The van der Waals surface area contributed by atoms with Gasteiger partial charge in [0.1, 0.15) is 13.2 Å². The summed E-state index contributed by atoms with van der Waals surface area (Å²) in [5.74, 6) is -0.939. The van der Waals surface area contributed by atoms with Crippen molar-refractivity contribution >= 4 is 17.9 Å². The first kappa shape index (κ1) is 55.9. The van der Waals surface area contributed by atoms with E-state index < -0.39 is 6.10 Å². The summed E-state index contributed by atoms with van der Waals surface area (Å²) in [6.07, 6.45) is 58.8. The van der Waals surface area contributed by atoms with Gasteiger partial charge in [-0.05, 0) is 103 Å². The average molecular weight is 823 g/mol. The molecule has 0 aromatic rings. The maximum atomic E-state index is 12.7. The van der Waals surface area contributed by atoms with E-state index in [1.54, 1.807) is 0 Å². The number of rotatable bonds is 43. The van der Waals surface area contributed by atoms with Crippen molar-refractivity contribution < 1.29 is 28.6 Å². The first-order valence-electron chi connectivity index (χ1n) is 24.4. The van der Waals surface area contributed by atoms with Gasteiger partial charge in [-0.25, -0.2) is 0 Å². The fraction of sp³-hybridized carbons (Fsp3) is 0.717. The minimum atomic E-state index is -0.793. The lowest BCUT2D eigenvalue weighted by Crippen LogP contribution is -2.30. The van der Waals surface area contributed by atoms with Crippen LogP contribution in [-0.4, -0.2) is 37.2 Å². The lowest BCUT2D eigenvalue weighted by atomic mass is 10.1. The Morgan fingerprint density at radius 3 is 1.10 bits per heavy atom. The molecule has 0 bridgehead atoms. The van der Waals surface area contributed by atoms with Crippen molar-refractivity contribution in [2.45, 2.75) is 232 Å². The van der Waals surface area contributed by atoms with Crippen molar-refractivity contribution in [2.75, 3.05) is 13.2 Å². The summed E-state index contributed by atoms with van der Waals surface area (Å²) in [6.45, 7) is 6.41. The van der Waals surface area contributed by atoms with Crippen molar-refractivity contribution in [1.29, 1.82) is 0 Å². The van der Waals surface area contributed by atoms with Crippen molar-refractivity contribution in [1.82, 2.24) is 0 Å². The molecular formula is C53H90O6. The van der Waals surface area contributed by atoms with E-state index >= 15 is 0 Å². The van der Waals surface area contributed by atoms with E-state index in [0.29, 0.717) is 19.3 Å². The van der Waals surface area contributed by atoms with Crippen LogP contribution in [0.3, 0.4) is 0 Å². The standard InChI is InChI=1S/C53H90O6/c1-4-7-10-13-16-19-22-24-26-27-28-30-31-34-37-40-43-46-52(55)58-49-50(48-57-51(54)45-42-39-36-33-21-18-15-12-9-6-3)59-53(56)47-44-41-38-35-32-29-25-23-20-17-14-11-8-5-2/h8,11,15-20,24-26,29,50H,4-7,9-10,12-14,21-23,27-28,30-49H2,1-3H3/b11-8-,18-15-,19-16-,20-17-,26-24-,29-25-. The van der Waals surface area contributed by atoms with Crippen LogP contribution in [0, 0.1) is 0 Å². The van der Waals surface area contributed by atoms with Crippen LogP contribution in [0.25, 0.3) is 0 Å². The van der Waals surface area contributed by atoms with Crippen LogP contribution in [-0.2, 0) is 28.6 Å². The molecule has 0 radical (unpaired) electrons. The maximum absolute atomic E-state index is 12.7. The summed E-state index contributed by atoms with van der Waals surface area (Å²) in [4.78, 5) is 37.8. The minimum Gasteiger partial charge on any atom is -0.462 e. The van der Waals surface area contributed by atoms with Crippen LogP contribution in [0.4, 0.5) is 0 Å². The van der Waals surface area contributed by atoms with Gasteiger partial charge in [-0.1, -0.05) is 177 Å². The molecule has 0 amide bonds. The van der Waals surface area contributed by atoms with E-state index in [4.69, 9.17) is 14.2 Å². The van der Waals surface area contributed by atoms with E-state index in [2.05, 4.69) is 93.7 Å². The van der Waals surface area contributed by atoms with Gasteiger partial charge in [0.15, 0.2) is 6.10 Å². The largest absolute Gasteiger partial charge is 0.462 e. The second kappa shape index (κ2) is 47.5. The second-order valence-electron chi connectivity index (χ2n) is 16.0. The SMILES string of the molecule is CC/C=C\C/C=C\C/C=C\CCCCCCC(=O)OC(COC(=O)CCCCCC/C=C\CCCC)COC(=O)CCCCCCCCC/C=C\C/C=C\CCCCC. The molecule has 0 saturated heterocycles. The molecule has 338 valence electrons. The highest BCUT2D eigenvalue weighted by Crippen LogP contribution is 2.13. The van der Waals surface area contributed by atoms with Crippen LogP contribution in [0.5, 0.6) is 0 Å². The molecule has 0 aromatic carbocycles. The zero-order valence-corrected chi connectivity index (χ0v) is 38.5. The first-order chi connectivity index (χ1) is 29.0. The smallest absolute Gasteiger partial charge is 0.306 e. The molecule has 59 heavy (non-hydrogen) atoms. The van der Waals surface area contributed by atoms with Crippen molar-refractivity contribution in [3.8, 4) is 0 Å². The number of esters is 3. The van der Waals surface area contributed by atoms with Gasteiger partial charge in [-0.15, -0.1) is 0 Å². The van der Waals surface area contributed by atoms with Crippen molar-refractivity contribution in [2.24, 2.45) is 0 Å². The molecular weight excluding hydrogens is 733 g/mol. The molecule has 0 spiro atoms. The van der Waals surface area contributed by atoms with E-state index in [0.717, 1.165) is 122 Å². The molecule has 0 aliphatic carbocycles. The lowest BCUT2D eigenvalue weighted by Gasteiger charge is -2.18. The molecule has 0 saturated carbocycles. The summed E-state index contributed by atoms with van der Waals surface area (Å²) < 4.78 is 16.7. The molecule has 0 N–H and O–H groups in total. The Balaban J connectivity index is 4.41. The molecule has 0 rings (SSSR count). The Morgan fingerprint density at radius 2 is 0.678 bits per heavy atom. The molecule has 0 aliphatic heterocycles. The highest BCUT2D eigenvalue weighted by atomic mass is 16.6. The summed E-state index contributed by atoms with van der Waals surface area (Å²) in [5.41, 5.74) is 0. The second-order valence-corrected chi connectivity index (χ2v) is 16.0. The fourth-order valence-corrected chi connectivity index (χ4v) is 6.47. The summed E-state index contributed by atoms with van der Waals surface area (Å²) >= 11 is 0. The molecule has 0 fully saturated rings. The average Bonchev–Trinajstić information content (AvgIpc) is 3.23. The molecule has 0 aliphatic rings. The zero-order chi connectivity index (χ0) is 43.0. The lowest BCUT2D eigenvalue weighted by molar-refractivity contribution is -0.167. The van der Waals surface area contributed by atoms with Crippen LogP contribution < -0.4 is 0 Å². The number of carbonyl (C=O) groups excluding carboxylic acids is 3. The Hall–Kier alpha value is -3.15. The number of unbranched alkanes of at least 4 members (excludes halogenated alkanes) is 20. The highest BCUT2D eigenvalue weighted by molar-refractivity contribution is 5.71. The van der Waals surface area contributed by atoms with Crippen molar-refractivity contribution in [3.63, 3.8) is 0 Å². The molecule has 0 aromatic heterocycles. The summed E-state index contributed by atoms with van der Waals surface area (Å²) in [5, 5.41) is 0. The van der Waals surface area contributed by atoms with Crippen LogP contribution in [0.15, 0.2) is 72.9 Å². The predicted molar refractivity (Wildman–Crippen MR) is 251 cm³/mol. The third-order valence-corrected chi connectivity index (χ3v) is 10.2. The predicted octanol–water partition coefficient (Wildman–Crippen LogP) is 15.9. The van der Waals surface area contributed by atoms with Crippen LogP contribution in [0.2, 0.25) is 0 Å². The number of carbonyl (C=O) groups is 3. The zero-order valence-electron chi connectivity index (χ0n) is 38.5. The first-order valence-corrected chi connectivity index (χ1v) is 24.4. The molecule has 6 heteroatoms. The maximum Gasteiger partial charge on any atom is 0.306 e. The molecule has 0 heterocycles. The number of ether oxygens (including phenoxy) is 3. The van der Waals surface area contributed by atoms with Crippen LogP contribution in [0.1, 0.15) is 226 Å². The van der Waals surface area contributed by atoms with E-state index in [-0.39, 0.29) is 31.1 Å². The van der Waals surface area contributed by atoms with Gasteiger partial charge in [0.25, 0.3) is 0 Å². The summed E-state index contributed by atoms with van der Waals surface area (Å²) in [7, 11) is 0. The third-order valence-electron chi connectivity index (χ3n) is 10.2. The monoisotopic (exact) mass is 823 g/mol. The fourth-order valence-electron chi connectivity index (χ4n) is 6.47. The van der Waals surface area contributed by atoms with Gasteiger partial charge < -0.3 is 14.2 Å². The Bertz CT molecular complexity index is 1130. The molecule has 6 nitrogen and oxygen atoms in total. The van der Waals surface area contributed by atoms with Gasteiger partial charge in [-0.3, -0.25) is 14.4 Å².